The topological polar surface area (TPSA) is 128 Å². The van der Waals surface area contributed by atoms with Gasteiger partial charge in [-0.1, -0.05) is 18.2 Å². The summed E-state index contributed by atoms with van der Waals surface area (Å²) in [6, 6.07) is 9.65. The summed E-state index contributed by atoms with van der Waals surface area (Å²) in [6.45, 7) is 6.56. The second kappa shape index (κ2) is 9.64. The summed E-state index contributed by atoms with van der Waals surface area (Å²) in [5, 5.41) is 15.9. The molecule has 0 bridgehead atoms. The first-order valence-corrected chi connectivity index (χ1v) is 9.22. The Bertz CT molecular complexity index is 988. The lowest BCUT2D eigenvalue weighted by Gasteiger charge is -2.18. The maximum Gasteiger partial charge on any atom is 0.329 e. The van der Waals surface area contributed by atoms with Gasteiger partial charge in [-0.3, -0.25) is 19.7 Å². The zero-order valence-electron chi connectivity index (χ0n) is 17.1. The highest BCUT2D eigenvalue weighted by Gasteiger charge is 2.24. The van der Waals surface area contributed by atoms with Crippen LogP contribution in [-0.2, 0) is 14.3 Å². The van der Waals surface area contributed by atoms with Crippen molar-refractivity contribution < 1.29 is 24.0 Å². The lowest BCUT2D eigenvalue weighted by Crippen LogP contribution is -2.42. The van der Waals surface area contributed by atoms with E-state index >= 15 is 0 Å². The molecule has 2 rings (SSSR count). The number of benzene rings is 2. The molecule has 0 aliphatic rings. The molecule has 2 aromatic carbocycles. The molecule has 158 valence electrons. The summed E-state index contributed by atoms with van der Waals surface area (Å²) in [5.74, 6) is -1.98. The number of nitrogens with one attached hydrogen (secondary N) is 2. The van der Waals surface area contributed by atoms with Crippen molar-refractivity contribution in [3.05, 3.63) is 69.3 Å². The zero-order chi connectivity index (χ0) is 22.4. The molecule has 0 aliphatic carbocycles. The van der Waals surface area contributed by atoms with E-state index < -0.39 is 34.9 Å². The molecule has 30 heavy (non-hydrogen) atoms. The van der Waals surface area contributed by atoms with Crippen LogP contribution < -0.4 is 10.6 Å². The second-order valence-corrected chi connectivity index (χ2v) is 6.89. The minimum Gasteiger partial charge on any atom is -0.451 e. The van der Waals surface area contributed by atoms with Gasteiger partial charge in [0.2, 0.25) is 0 Å². The first-order chi connectivity index (χ1) is 14.1. The Hall–Kier alpha value is -3.75. The van der Waals surface area contributed by atoms with E-state index in [1.807, 2.05) is 32.0 Å². The van der Waals surface area contributed by atoms with E-state index in [2.05, 4.69) is 10.6 Å². The van der Waals surface area contributed by atoms with E-state index in [9.17, 15) is 24.5 Å². The molecule has 0 unspecified atom stereocenters. The molecule has 0 heterocycles. The van der Waals surface area contributed by atoms with Crippen LogP contribution in [-0.4, -0.2) is 34.9 Å². The Labute approximate surface area is 173 Å². The van der Waals surface area contributed by atoms with Crippen molar-refractivity contribution in [1.82, 2.24) is 5.32 Å². The fourth-order valence-electron chi connectivity index (χ4n) is 2.53. The number of nitro benzene ring substituents is 1. The normalized spacial score (nSPS) is 12.4. The number of hydrogen-bond acceptors (Lipinski definition) is 6. The molecule has 2 atom stereocenters. The summed E-state index contributed by atoms with van der Waals surface area (Å²) in [5.41, 5.74) is 2.25. The lowest BCUT2D eigenvalue weighted by atomic mass is 10.1. The van der Waals surface area contributed by atoms with Gasteiger partial charge in [0.25, 0.3) is 17.5 Å². The quantitative estimate of drug-likeness (QED) is 0.408. The van der Waals surface area contributed by atoms with Crippen LogP contribution in [0.3, 0.4) is 0 Å². The van der Waals surface area contributed by atoms with E-state index in [0.717, 1.165) is 17.2 Å². The number of amides is 2. The van der Waals surface area contributed by atoms with Gasteiger partial charge in [0, 0.05) is 23.4 Å². The highest BCUT2D eigenvalue weighted by Crippen LogP contribution is 2.17. The molecular weight excluding hydrogens is 390 g/mol. The standard InChI is InChI=1S/C21H23N3O6/c1-12-8-9-13(2)18(10-12)23-19(25)15(4)30-21(27)14(3)22-20(26)16-6-5-7-17(11-16)24(28)29/h5-11,14-15H,1-4H3,(H,22,26)(H,23,25)/t14-,15-/m0/s1. The number of anilines is 1. The second-order valence-electron chi connectivity index (χ2n) is 6.89. The molecule has 0 saturated carbocycles. The van der Waals surface area contributed by atoms with Crippen molar-refractivity contribution in [3.63, 3.8) is 0 Å². The number of esters is 1. The molecule has 0 aromatic heterocycles. The summed E-state index contributed by atoms with van der Waals surface area (Å²) in [4.78, 5) is 47.0. The number of ether oxygens (including phenoxy) is 1. The van der Waals surface area contributed by atoms with Crippen LogP contribution in [0.4, 0.5) is 11.4 Å². The Morgan fingerprint density at radius 2 is 1.77 bits per heavy atom. The van der Waals surface area contributed by atoms with Crippen molar-refractivity contribution in [1.29, 1.82) is 0 Å². The van der Waals surface area contributed by atoms with E-state index in [4.69, 9.17) is 4.74 Å². The average molecular weight is 413 g/mol. The summed E-state index contributed by atoms with van der Waals surface area (Å²) >= 11 is 0. The number of nitrogens with zero attached hydrogens (tertiary/aromatic N) is 1. The third kappa shape index (κ3) is 5.87. The number of hydrogen-bond donors (Lipinski definition) is 2. The molecule has 9 heteroatoms. The molecule has 0 radical (unpaired) electrons. The molecule has 2 amide bonds. The Balaban J connectivity index is 1.95. The van der Waals surface area contributed by atoms with Crippen LogP contribution in [0.5, 0.6) is 0 Å². The van der Waals surface area contributed by atoms with E-state index in [0.29, 0.717) is 5.69 Å². The maximum atomic E-state index is 12.3. The molecule has 0 fully saturated rings. The predicted octanol–water partition coefficient (Wildman–Crippen LogP) is 2.90. The van der Waals surface area contributed by atoms with Crippen molar-refractivity contribution >= 4 is 29.2 Å². The fourth-order valence-corrected chi connectivity index (χ4v) is 2.53. The van der Waals surface area contributed by atoms with Crippen LogP contribution in [0.25, 0.3) is 0 Å². The maximum absolute atomic E-state index is 12.3. The van der Waals surface area contributed by atoms with E-state index in [1.165, 1.54) is 32.0 Å². The van der Waals surface area contributed by atoms with Crippen LogP contribution in [0.15, 0.2) is 42.5 Å². The van der Waals surface area contributed by atoms with Gasteiger partial charge in [-0.15, -0.1) is 0 Å². The van der Waals surface area contributed by atoms with Gasteiger partial charge in [0.05, 0.1) is 4.92 Å². The summed E-state index contributed by atoms with van der Waals surface area (Å²) in [6.07, 6.45) is -1.09. The molecule has 2 N–H and O–H groups in total. The van der Waals surface area contributed by atoms with Crippen LogP contribution in [0.1, 0.15) is 35.3 Å². The number of nitro groups is 1. The SMILES string of the molecule is Cc1ccc(C)c(NC(=O)[C@H](C)OC(=O)[C@H](C)NC(=O)c2cccc([N+](=O)[O-])c2)c1. The molecule has 0 aliphatic heterocycles. The first kappa shape index (κ1) is 22.5. The molecular formula is C21H23N3O6. The third-order valence-electron chi connectivity index (χ3n) is 4.33. The van der Waals surface area contributed by atoms with Gasteiger partial charge in [-0.2, -0.15) is 0 Å². The number of carbonyl (C=O) groups is 3. The Morgan fingerprint density at radius 3 is 2.43 bits per heavy atom. The summed E-state index contributed by atoms with van der Waals surface area (Å²) in [7, 11) is 0. The smallest absolute Gasteiger partial charge is 0.329 e. The van der Waals surface area contributed by atoms with Crippen LogP contribution in [0, 0.1) is 24.0 Å². The van der Waals surface area contributed by atoms with Crippen molar-refractivity contribution in [3.8, 4) is 0 Å². The molecule has 0 saturated heterocycles. The van der Waals surface area contributed by atoms with Crippen LogP contribution in [0.2, 0.25) is 0 Å². The number of non-ortho nitro benzene ring substituents is 1. The van der Waals surface area contributed by atoms with Gasteiger partial charge in [0.15, 0.2) is 6.10 Å². The van der Waals surface area contributed by atoms with Gasteiger partial charge in [-0.25, -0.2) is 4.79 Å². The third-order valence-corrected chi connectivity index (χ3v) is 4.33. The average Bonchev–Trinajstić information content (AvgIpc) is 2.70. The molecule has 2 aromatic rings. The van der Waals surface area contributed by atoms with Gasteiger partial charge < -0.3 is 15.4 Å². The van der Waals surface area contributed by atoms with E-state index in [1.54, 1.807) is 0 Å². The van der Waals surface area contributed by atoms with Gasteiger partial charge in [0.1, 0.15) is 6.04 Å². The van der Waals surface area contributed by atoms with Crippen molar-refractivity contribution in [2.24, 2.45) is 0 Å². The minimum absolute atomic E-state index is 0.0320. The molecule has 9 nitrogen and oxygen atoms in total. The zero-order valence-corrected chi connectivity index (χ0v) is 17.1. The highest BCUT2D eigenvalue weighted by atomic mass is 16.6. The predicted molar refractivity (Wildman–Crippen MR) is 110 cm³/mol. The highest BCUT2D eigenvalue weighted by molar-refractivity contribution is 5.98. The monoisotopic (exact) mass is 413 g/mol. The van der Waals surface area contributed by atoms with Gasteiger partial charge >= 0.3 is 5.97 Å². The van der Waals surface area contributed by atoms with Gasteiger partial charge in [-0.05, 0) is 51.0 Å². The summed E-state index contributed by atoms with van der Waals surface area (Å²) < 4.78 is 5.14. The van der Waals surface area contributed by atoms with Crippen molar-refractivity contribution in [2.75, 3.05) is 5.32 Å². The van der Waals surface area contributed by atoms with Crippen LogP contribution >= 0.6 is 0 Å². The minimum atomic E-state index is -1.09. The fraction of sp³-hybridized carbons (Fsp3) is 0.286. The largest absolute Gasteiger partial charge is 0.451 e. The number of aryl methyl sites for hydroxylation is 2. The lowest BCUT2D eigenvalue weighted by molar-refractivity contribution is -0.384. The Morgan fingerprint density at radius 1 is 1.07 bits per heavy atom. The van der Waals surface area contributed by atoms with Crippen molar-refractivity contribution in [2.45, 2.75) is 39.8 Å². The first-order valence-electron chi connectivity index (χ1n) is 9.22. The Kier molecular flexibility index (Phi) is 7.24. The van der Waals surface area contributed by atoms with E-state index in [-0.39, 0.29) is 11.3 Å². The number of rotatable bonds is 7. The number of carbonyl (C=O) groups excluding carboxylic acids is 3. The molecule has 0 spiro atoms.